The van der Waals surface area contributed by atoms with Gasteiger partial charge >= 0.3 is 12.1 Å². The number of hydrogen-bond acceptors (Lipinski definition) is 5. The van der Waals surface area contributed by atoms with Crippen LogP contribution >= 0.6 is 0 Å². The Kier molecular flexibility index (Phi) is 6.22. The van der Waals surface area contributed by atoms with Gasteiger partial charge in [-0.1, -0.05) is 36.4 Å². The fourth-order valence-corrected chi connectivity index (χ4v) is 3.91. The van der Waals surface area contributed by atoms with Crippen LogP contribution in [0.15, 0.2) is 59.0 Å². The van der Waals surface area contributed by atoms with E-state index >= 15 is 0 Å². The predicted molar refractivity (Wildman–Crippen MR) is 107 cm³/mol. The molecule has 1 aromatic heterocycles. The Morgan fingerprint density at radius 1 is 1.12 bits per heavy atom. The van der Waals surface area contributed by atoms with E-state index in [1.54, 1.807) is 6.07 Å². The molecule has 0 bridgehead atoms. The molecular formula is C22H20F4N4O2. The zero-order valence-electron chi connectivity index (χ0n) is 16.8. The van der Waals surface area contributed by atoms with E-state index < -0.39 is 23.9 Å². The molecule has 10 heteroatoms. The van der Waals surface area contributed by atoms with Crippen molar-refractivity contribution in [1.82, 2.24) is 20.4 Å². The SMILES string of the molecule is O=C(N[C@@H]1CN(Cc2nnc(-c3cccc(F)c3)o2)CC[C@@H]1c1ccccc1)C(F)(F)F. The molecule has 168 valence electrons. The number of nitrogens with one attached hydrogen (secondary N) is 1. The van der Waals surface area contributed by atoms with E-state index in [1.807, 2.05) is 35.2 Å². The normalized spacial score (nSPS) is 19.6. The fraction of sp³-hybridized carbons (Fsp3) is 0.318. The van der Waals surface area contributed by atoms with Gasteiger partial charge in [0.25, 0.3) is 0 Å². The lowest BCUT2D eigenvalue weighted by Gasteiger charge is -2.38. The molecule has 2 atom stereocenters. The summed E-state index contributed by atoms with van der Waals surface area (Å²) in [5.41, 5.74) is 1.30. The summed E-state index contributed by atoms with van der Waals surface area (Å²) in [6.45, 7) is 0.941. The van der Waals surface area contributed by atoms with Crippen molar-refractivity contribution in [2.45, 2.75) is 31.1 Å². The number of rotatable bonds is 5. The maximum Gasteiger partial charge on any atom is 0.471 e. The van der Waals surface area contributed by atoms with Crippen molar-refractivity contribution in [1.29, 1.82) is 0 Å². The van der Waals surface area contributed by atoms with Crippen molar-refractivity contribution in [2.75, 3.05) is 13.1 Å². The van der Waals surface area contributed by atoms with Crippen LogP contribution in [0.4, 0.5) is 17.6 Å². The van der Waals surface area contributed by atoms with Crippen molar-refractivity contribution in [3.63, 3.8) is 0 Å². The fourth-order valence-electron chi connectivity index (χ4n) is 3.91. The molecule has 32 heavy (non-hydrogen) atoms. The van der Waals surface area contributed by atoms with Crippen LogP contribution in [0.1, 0.15) is 23.8 Å². The van der Waals surface area contributed by atoms with Gasteiger partial charge in [0.05, 0.1) is 6.54 Å². The van der Waals surface area contributed by atoms with Crippen LogP contribution in [-0.4, -0.2) is 46.3 Å². The predicted octanol–water partition coefficient (Wildman–Crippen LogP) is 3.91. The summed E-state index contributed by atoms with van der Waals surface area (Å²) in [5, 5.41) is 10.0. The van der Waals surface area contributed by atoms with E-state index in [2.05, 4.69) is 15.5 Å². The number of halogens is 4. The number of amides is 1. The second-order valence-corrected chi connectivity index (χ2v) is 7.63. The molecule has 0 radical (unpaired) electrons. The van der Waals surface area contributed by atoms with Gasteiger partial charge in [-0.25, -0.2) is 4.39 Å². The number of hydrogen-bond donors (Lipinski definition) is 1. The standard InChI is InChI=1S/C22H20F4N4O2/c23-16-8-4-7-15(11-16)20-29-28-19(32-20)13-30-10-9-17(14-5-2-1-3-6-14)18(12-30)27-21(31)22(24,25)26/h1-8,11,17-18H,9-10,12-13H2,(H,27,31)/t17-,18-/m1/s1. The molecule has 2 aromatic carbocycles. The summed E-state index contributed by atoms with van der Waals surface area (Å²) < 4.78 is 57.7. The highest BCUT2D eigenvalue weighted by atomic mass is 19.4. The Hall–Kier alpha value is -3.27. The molecule has 6 nitrogen and oxygen atoms in total. The zero-order valence-corrected chi connectivity index (χ0v) is 16.8. The molecule has 1 aliphatic heterocycles. The molecule has 1 aliphatic rings. The lowest BCUT2D eigenvalue weighted by molar-refractivity contribution is -0.174. The molecule has 0 saturated carbocycles. The maximum atomic E-state index is 13.4. The third kappa shape index (κ3) is 5.13. The minimum atomic E-state index is -4.96. The number of carbonyl (C=O) groups is 1. The lowest BCUT2D eigenvalue weighted by Crippen LogP contribution is -2.54. The number of likely N-dealkylation sites (tertiary alicyclic amines) is 1. The Morgan fingerprint density at radius 3 is 2.62 bits per heavy atom. The van der Waals surface area contributed by atoms with Gasteiger partial charge in [-0.3, -0.25) is 9.69 Å². The van der Waals surface area contributed by atoms with E-state index in [1.165, 1.54) is 18.2 Å². The molecule has 0 unspecified atom stereocenters. The van der Waals surface area contributed by atoms with Crippen LogP contribution in [0.25, 0.3) is 11.5 Å². The first-order valence-electron chi connectivity index (χ1n) is 10.0. The number of carbonyl (C=O) groups excluding carboxylic acids is 1. The van der Waals surface area contributed by atoms with E-state index in [0.29, 0.717) is 18.5 Å². The summed E-state index contributed by atoms with van der Waals surface area (Å²) in [4.78, 5) is 13.5. The van der Waals surface area contributed by atoms with Crippen LogP contribution in [0.3, 0.4) is 0 Å². The summed E-state index contributed by atoms with van der Waals surface area (Å²) in [6.07, 6.45) is -4.42. The average Bonchev–Trinajstić information content (AvgIpc) is 3.22. The van der Waals surface area contributed by atoms with Crippen molar-refractivity contribution in [3.8, 4) is 11.5 Å². The first-order chi connectivity index (χ1) is 15.3. The number of aromatic nitrogens is 2. The Labute approximate surface area is 181 Å². The zero-order chi connectivity index (χ0) is 22.7. The van der Waals surface area contributed by atoms with Gasteiger partial charge in [0.2, 0.25) is 11.8 Å². The minimum absolute atomic E-state index is 0.153. The molecular weight excluding hydrogens is 428 g/mol. The van der Waals surface area contributed by atoms with Crippen LogP contribution in [0.5, 0.6) is 0 Å². The number of benzene rings is 2. The Morgan fingerprint density at radius 2 is 1.91 bits per heavy atom. The van der Waals surface area contributed by atoms with Crippen LogP contribution < -0.4 is 5.32 Å². The third-order valence-electron chi connectivity index (χ3n) is 5.40. The monoisotopic (exact) mass is 448 g/mol. The molecule has 1 fully saturated rings. The van der Waals surface area contributed by atoms with E-state index in [4.69, 9.17) is 4.42 Å². The second kappa shape index (κ2) is 9.07. The quantitative estimate of drug-likeness (QED) is 0.600. The van der Waals surface area contributed by atoms with Crippen LogP contribution in [0, 0.1) is 5.82 Å². The van der Waals surface area contributed by atoms with Crippen LogP contribution in [-0.2, 0) is 11.3 Å². The summed E-state index contributed by atoms with van der Waals surface area (Å²) in [7, 11) is 0. The number of alkyl halides is 3. The molecule has 1 amide bonds. The van der Waals surface area contributed by atoms with Gasteiger partial charge in [0.15, 0.2) is 0 Å². The van der Waals surface area contributed by atoms with E-state index in [0.717, 1.165) is 5.56 Å². The van der Waals surface area contributed by atoms with E-state index in [9.17, 15) is 22.4 Å². The van der Waals surface area contributed by atoms with Gasteiger partial charge in [-0.15, -0.1) is 10.2 Å². The smallest absolute Gasteiger partial charge is 0.419 e. The Bertz CT molecular complexity index is 1070. The second-order valence-electron chi connectivity index (χ2n) is 7.63. The third-order valence-corrected chi connectivity index (χ3v) is 5.40. The molecule has 4 rings (SSSR count). The van der Waals surface area contributed by atoms with Gasteiger partial charge in [0, 0.05) is 24.1 Å². The first kappa shape index (κ1) is 21.9. The molecule has 0 aliphatic carbocycles. The highest BCUT2D eigenvalue weighted by Crippen LogP contribution is 2.30. The highest BCUT2D eigenvalue weighted by Gasteiger charge is 2.42. The van der Waals surface area contributed by atoms with Crippen molar-refractivity contribution in [3.05, 3.63) is 71.9 Å². The lowest BCUT2D eigenvalue weighted by atomic mass is 9.85. The van der Waals surface area contributed by atoms with Crippen molar-refractivity contribution < 1.29 is 26.8 Å². The van der Waals surface area contributed by atoms with E-state index in [-0.39, 0.29) is 30.8 Å². The number of piperidine rings is 1. The van der Waals surface area contributed by atoms with Gasteiger partial charge in [0.1, 0.15) is 5.82 Å². The average molecular weight is 448 g/mol. The largest absolute Gasteiger partial charge is 0.471 e. The highest BCUT2D eigenvalue weighted by molar-refractivity contribution is 5.82. The van der Waals surface area contributed by atoms with Gasteiger partial charge in [-0.2, -0.15) is 13.2 Å². The number of nitrogens with zero attached hydrogens (tertiary/aromatic N) is 3. The molecule has 1 N–H and O–H groups in total. The molecule has 2 heterocycles. The molecule has 1 saturated heterocycles. The van der Waals surface area contributed by atoms with Gasteiger partial charge < -0.3 is 9.73 Å². The van der Waals surface area contributed by atoms with Gasteiger partial charge in [-0.05, 0) is 36.7 Å². The minimum Gasteiger partial charge on any atom is -0.419 e. The molecule has 0 spiro atoms. The summed E-state index contributed by atoms with van der Waals surface area (Å²) in [5.74, 6) is -2.25. The van der Waals surface area contributed by atoms with Crippen molar-refractivity contribution in [2.24, 2.45) is 0 Å². The maximum absolute atomic E-state index is 13.4. The topological polar surface area (TPSA) is 71.3 Å². The van der Waals surface area contributed by atoms with Crippen LogP contribution in [0.2, 0.25) is 0 Å². The summed E-state index contributed by atoms with van der Waals surface area (Å²) >= 11 is 0. The van der Waals surface area contributed by atoms with Crippen molar-refractivity contribution >= 4 is 5.91 Å². The Balaban J connectivity index is 1.48. The first-order valence-corrected chi connectivity index (χ1v) is 10.0. The summed E-state index contributed by atoms with van der Waals surface area (Å²) in [6, 6.07) is 14.1. The molecule has 3 aromatic rings.